The lowest BCUT2D eigenvalue weighted by molar-refractivity contribution is 0.544. The quantitative estimate of drug-likeness (QED) is 0.881. The van der Waals surface area contributed by atoms with Gasteiger partial charge in [0.15, 0.2) is 0 Å². The van der Waals surface area contributed by atoms with Crippen LogP contribution in [-0.4, -0.2) is 21.1 Å². The molecule has 0 radical (unpaired) electrons. The first-order chi connectivity index (χ1) is 8.76. The minimum atomic E-state index is -0.326. The molecule has 0 saturated carbocycles. The van der Waals surface area contributed by atoms with E-state index in [1.54, 1.807) is 12.3 Å². The number of rotatable bonds is 5. The van der Waals surface area contributed by atoms with Gasteiger partial charge in [-0.25, -0.2) is 9.37 Å². The van der Waals surface area contributed by atoms with Crippen LogP contribution in [0.3, 0.4) is 0 Å². The summed E-state index contributed by atoms with van der Waals surface area (Å²) in [5, 5.41) is 3.33. The van der Waals surface area contributed by atoms with Crippen molar-refractivity contribution in [3.05, 3.63) is 48.1 Å². The topological polar surface area (TPSA) is 42.7 Å². The molecule has 2 heterocycles. The Kier molecular flexibility index (Phi) is 4.04. The smallest absolute Gasteiger partial charge is 0.141 e. The lowest BCUT2D eigenvalue weighted by Crippen LogP contribution is -2.26. The molecule has 1 unspecified atom stereocenters. The van der Waals surface area contributed by atoms with Crippen LogP contribution in [0.25, 0.3) is 0 Å². The average molecular weight is 248 g/mol. The highest BCUT2D eigenvalue weighted by molar-refractivity contribution is 5.18. The van der Waals surface area contributed by atoms with Gasteiger partial charge in [-0.1, -0.05) is 6.92 Å². The fourth-order valence-electron chi connectivity index (χ4n) is 1.94. The molecule has 0 aliphatic rings. The van der Waals surface area contributed by atoms with E-state index in [1.807, 2.05) is 13.1 Å². The van der Waals surface area contributed by atoms with Crippen LogP contribution < -0.4 is 5.32 Å². The summed E-state index contributed by atoms with van der Waals surface area (Å²) in [7, 11) is 0. The third-order valence-corrected chi connectivity index (χ3v) is 2.80. The zero-order valence-electron chi connectivity index (χ0n) is 10.6. The van der Waals surface area contributed by atoms with Gasteiger partial charge < -0.3 is 9.88 Å². The van der Waals surface area contributed by atoms with E-state index in [1.165, 1.54) is 12.3 Å². The van der Waals surface area contributed by atoms with Crippen molar-refractivity contribution in [2.75, 3.05) is 6.54 Å². The summed E-state index contributed by atoms with van der Waals surface area (Å²) >= 11 is 0. The molecule has 0 spiro atoms. The highest BCUT2D eigenvalue weighted by atomic mass is 19.1. The maximum atomic E-state index is 12.9. The summed E-state index contributed by atoms with van der Waals surface area (Å²) in [4.78, 5) is 8.51. The number of nitrogens with one attached hydrogen (secondary N) is 1. The number of pyridine rings is 1. The predicted octanol–water partition coefficient (Wildman–Crippen LogP) is 2.14. The Morgan fingerprint density at radius 3 is 2.78 bits per heavy atom. The van der Waals surface area contributed by atoms with Crippen LogP contribution in [0.5, 0.6) is 0 Å². The molecule has 2 rings (SSSR count). The zero-order chi connectivity index (χ0) is 13.0. The van der Waals surface area contributed by atoms with Crippen LogP contribution >= 0.6 is 0 Å². The molecular formula is C13H17FN4. The van der Waals surface area contributed by atoms with Crippen LogP contribution in [0.1, 0.15) is 31.4 Å². The van der Waals surface area contributed by atoms with Crippen molar-refractivity contribution in [2.24, 2.45) is 0 Å². The summed E-state index contributed by atoms with van der Waals surface area (Å²) in [5.74, 6) is 0.575. The molecule has 96 valence electrons. The molecule has 2 aromatic heterocycles. The van der Waals surface area contributed by atoms with E-state index in [0.717, 1.165) is 24.6 Å². The van der Waals surface area contributed by atoms with Crippen molar-refractivity contribution < 1.29 is 4.39 Å². The van der Waals surface area contributed by atoms with E-state index >= 15 is 0 Å². The van der Waals surface area contributed by atoms with E-state index < -0.39 is 0 Å². The Morgan fingerprint density at radius 1 is 1.33 bits per heavy atom. The second-order valence-corrected chi connectivity index (χ2v) is 3.96. The second-order valence-electron chi connectivity index (χ2n) is 3.96. The van der Waals surface area contributed by atoms with E-state index in [9.17, 15) is 4.39 Å². The molecule has 0 aliphatic heterocycles. The van der Waals surface area contributed by atoms with Crippen LogP contribution in [0, 0.1) is 5.82 Å². The second kappa shape index (κ2) is 5.73. The first-order valence-electron chi connectivity index (χ1n) is 6.12. The highest BCUT2D eigenvalue weighted by Crippen LogP contribution is 2.19. The fourth-order valence-corrected chi connectivity index (χ4v) is 1.94. The van der Waals surface area contributed by atoms with Crippen LogP contribution in [0.2, 0.25) is 0 Å². The normalized spacial score (nSPS) is 12.6. The van der Waals surface area contributed by atoms with Crippen LogP contribution in [-0.2, 0) is 6.54 Å². The van der Waals surface area contributed by atoms with Crippen molar-refractivity contribution in [3.63, 3.8) is 0 Å². The van der Waals surface area contributed by atoms with Gasteiger partial charge in [0.05, 0.1) is 11.9 Å². The third-order valence-electron chi connectivity index (χ3n) is 2.80. The monoisotopic (exact) mass is 248 g/mol. The summed E-state index contributed by atoms with van der Waals surface area (Å²) in [6.07, 6.45) is 4.94. The SMILES string of the molecule is CCNC(c1ccc(F)cn1)c1nccn1CC. The molecule has 2 aromatic rings. The van der Waals surface area contributed by atoms with E-state index in [4.69, 9.17) is 0 Å². The highest BCUT2D eigenvalue weighted by Gasteiger charge is 2.18. The molecule has 1 atom stereocenters. The Balaban J connectivity index is 2.36. The Bertz CT molecular complexity index is 492. The summed E-state index contributed by atoms with van der Waals surface area (Å²) in [6.45, 7) is 5.72. The van der Waals surface area contributed by atoms with Crippen LogP contribution in [0.15, 0.2) is 30.7 Å². The number of hydrogen-bond acceptors (Lipinski definition) is 3. The maximum absolute atomic E-state index is 12.9. The van der Waals surface area contributed by atoms with Crippen molar-refractivity contribution in [1.29, 1.82) is 0 Å². The zero-order valence-corrected chi connectivity index (χ0v) is 10.6. The molecule has 0 aromatic carbocycles. The molecule has 0 saturated heterocycles. The summed E-state index contributed by atoms with van der Waals surface area (Å²) < 4.78 is 15.0. The number of aromatic nitrogens is 3. The van der Waals surface area contributed by atoms with Crippen LogP contribution in [0.4, 0.5) is 4.39 Å². The van der Waals surface area contributed by atoms with E-state index in [0.29, 0.717) is 0 Å². The van der Waals surface area contributed by atoms with Crippen molar-refractivity contribution in [3.8, 4) is 0 Å². The largest absolute Gasteiger partial charge is 0.334 e. The van der Waals surface area contributed by atoms with Crippen molar-refractivity contribution >= 4 is 0 Å². The van der Waals surface area contributed by atoms with Gasteiger partial charge in [-0.2, -0.15) is 0 Å². The average Bonchev–Trinajstić information content (AvgIpc) is 2.85. The number of nitrogens with zero attached hydrogens (tertiary/aromatic N) is 3. The van der Waals surface area contributed by atoms with Crippen molar-refractivity contribution in [2.45, 2.75) is 26.4 Å². The molecular weight excluding hydrogens is 231 g/mol. The molecule has 0 amide bonds. The number of aryl methyl sites for hydroxylation is 1. The Hall–Kier alpha value is -1.75. The first-order valence-corrected chi connectivity index (χ1v) is 6.12. The molecule has 4 nitrogen and oxygen atoms in total. The Morgan fingerprint density at radius 2 is 2.17 bits per heavy atom. The van der Waals surface area contributed by atoms with E-state index in [-0.39, 0.29) is 11.9 Å². The number of hydrogen-bond donors (Lipinski definition) is 1. The van der Waals surface area contributed by atoms with Gasteiger partial charge in [-0.05, 0) is 25.6 Å². The number of halogens is 1. The lowest BCUT2D eigenvalue weighted by Gasteiger charge is -2.18. The lowest BCUT2D eigenvalue weighted by atomic mass is 10.1. The predicted molar refractivity (Wildman–Crippen MR) is 67.6 cm³/mol. The minimum Gasteiger partial charge on any atom is -0.334 e. The maximum Gasteiger partial charge on any atom is 0.141 e. The van der Waals surface area contributed by atoms with Gasteiger partial charge in [-0.3, -0.25) is 4.98 Å². The molecule has 5 heteroatoms. The van der Waals surface area contributed by atoms with Crippen molar-refractivity contribution in [1.82, 2.24) is 19.9 Å². The Labute approximate surface area is 106 Å². The fraction of sp³-hybridized carbons (Fsp3) is 0.385. The summed E-state index contributed by atoms with van der Waals surface area (Å²) in [6, 6.07) is 3.01. The molecule has 0 bridgehead atoms. The molecule has 18 heavy (non-hydrogen) atoms. The standard InChI is InChI=1S/C13H17FN4/c1-3-15-12(11-6-5-10(14)9-17-11)13-16-7-8-18(13)4-2/h5-9,12,15H,3-4H2,1-2H3. The number of imidazole rings is 1. The van der Waals surface area contributed by atoms with E-state index in [2.05, 4.69) is 26.8 Å². The van der Waals surface area contributed by atoms with Gasteiger partial charge in [0, 0.05) is 18.9 Å². The molecule has 1 N–H and O–H groups in total. The minimum absolute atomic E-state index is 0.106. The summed E-state index contributed by atoms with van der Waals surface area (Å²) in [5.41, 5.74) is 0.777. The third kappa shape index (κ3) is 2.56. The molecule has 0 aliphatic carbocycles. The van der Waals surface area contributed by atoms with Gasteiger partial charge in [-0.15, -0.1) is 0 Å². The molecule has 0 fully saturated rings. The first kappa shape index (κ1) is 12.7. The van der Waals surface area contributed by atoms with Gasteiger partial charge in [0.2, 0.25) is 0 Å². The van der Waals surface area contributed by atoms with Gasteiger partial charge in [0.1, 0.15) is 17.7 Å². The van der Waals surface area contributed by atoms with Gasteiger partial charge >= 0.3 is 0 Å². The van der Waals surface area contributed by atoms with Gasteiger partial charge in [0.25, 0.3) is 0 Å².